The molecule has 2 aromatic heterocycles. The highest BCUT2D eigenvalue weighted by atomic mass is 16.5. The Morgan fingerprint density at radius 1 is 1.22 bits per heavy atom. The lowest BCUT2D eigenvalue weighted by atomic mass is 9.64. The molecule has 2 aliphatic carbocycles. The highest BCUT2D eigenvalue weighted by Gasteiger charge is 2.75. The molecular weight excluding hydrogens is 468 g/mol. The van der Waals surface area contributed by atoms with Gasteiger partial charge in [-0.2, -0.15) is 5.10 Å². The summed E-state index contributed by atoms with van der Waals surface area (Å²) in [6.45, 7) is 8.76. The quantitative estimate of drug-likeness (QED) is 0.626. The molecule has 2 aliphatic heterocycles. The van der Waals surface area contributed by atoms with Gasteiger partial charge in [-0.15, -0.1) is 0 Å². The lowest BCUT2D eigenvalue weighted by Gasteiger charge is -2.49. The van der Waals surface area contributed by atoms with Crippen LogP contribution in [0.5, 0.6) is 0 Å². The maximum absolute atomic E-state index is 14.4. The fourth-order valence-electron chi connectivity index (χ4n) is 7.40. The van der Waals surface area contributed by atoms with E-state index in [1.54, 1.807) is 24.0 Å². The lowest BCUT2D eigenvalue weighted by Crippen LogP contribution is -2.69. The molecule has 4 heterocycles. The normalized spacial score (nSPS) is 35.0. The summed E-state index contributed by atoms with van der Waals surface area (Å²) in [5, 5.41) is 7.33. The molecule has 0 spiro atoms. The van der Waals surface area contributed by atoms with Crippen LogP contribution in [0.25, 0.3) is 0 Å². The molecule has 2 amide bonds. The van der Waals surface area contributed by atoms with Crippen LogP contribution in [0.4, 0.5) is 11.5 Å². The molecule has 0 aromatic carbocycles. The second kappa shape index (κ2) is 8.36. The van der Waals surface area contributed by atoms with Crippen molar-refractivity contribution in [2.45, 2.75) is 64.1 Å². The molecule has 4 fully saturated rings. The van der Waals surface area contributed by atoms with Crippen LogP contribution >= 0.6 is 0 Å². The number of quaternary nitrogens is 1. The molecule has 1 N–H and O–H groups in total. The third-order valence-electron chi connectivity index (χ3n) is 9.72. The molecule has 9 heteroatoms. The van der Waals surface area contributed by atoms with Crippen molar-refractivity contribution >= 4 is 23.3 Å². The van der Waals surface area contributed by atoms with Crippen LogP contribution in [-0.2, 0) is 16.6 Å². The van der Waals surface area contributed by atoms with Gasteiger partial charge in [0.25, 0.3) is 5.91 Å². The third kappa shape index (κ3) is 3.81. The van der Waals surface area contributed by atoms with E-state index in [0.717, 1.165) is 43.9 Å². The summed E-state index contributed by atoms with van der Waals surface area (Å²) in [5.74, 6) is 1.37. The average Bonchev–Trinajstić information content (AvgIpc) is 3.35. The minimum atomic E-state index is -0.541. The molecule has 2 saturated heterocycles. The van der Waals surface area contributed by atoms with Crippen LogP contribution in [0, 0.1) is 17.3 Å². The Kier molecular flexibility index (Phi) is 5.55. The second-order valence-corrected chi connectivity index (χ2v) is 12.6. The zero-order valence-corrected chi connectivity index (χ0v) is 22.6. The number of hydrogen-bond acceptors (Lipinski definition) is 6. The van der Waals surface area contributed by atoms with Gasteiger partial charge in [0.15, 0.2) is 5.69 Å². The first kappa shape index (κ1) is 24.6. The van der Waals surface area contributed by atoms with Crippen molar-refractivity contribution in [3.63, 3.8) is 0 Å². The number of ether oxygens (including phenoxy) is 1. The van der Waals surface area contributed by atoms with E-state index < -0.39 is 6.04 Å². The molecule has 2 aromatic rings. The van der Waals surface area contributed by atoms with Gasteiger partial charge in [0.05, 0.1) is 25.5 Å². The first-order valence-corrected chi connectivity index (χ1v) is 13.6. The van der Waals surface area contributed by atoms with Gasteiger partial charge in [-0.1, -0.05) is 26.2 Å². The Balaban J connectivity index is 1.32. The fourth-order valence-corrected chi connectivity index (χ4v) is 7.40. The molecule has 4 unspecified atom stereocenters. The van der Waals surface area contributed by atoms with Crippen molar-refractivity contribution in [3.8, 4) is 0 Å². The van der Waals surface area contributed by atoms with Crippen LogP contribution < -0.4 is 14.7 Å². The molecule has 37 heavy (non-hydrogen) atoms. The Bertz CT molecular complexity index is 1220. The summed E-state index contributed by atoms with van der Waals surface area (Å²) in [5.41, 5.74) is 1.15. The van der Waals surface area contributed by atoms with Gasteiger partial charge in [-0.25, -0.2) is 14.3 Å². The van der Waals surface area contributed by atoms with Crippen LogP contribution in [0.2, 0.25) is 0 Å². The largest absolute Gasteiger partial charge is 0.372 e. The second-order valence-electron chi connectivity index (χ2n) is 12.6. The smallest absolute Gasteiger partial charge is 0.341 e. The number of nitrogens with zero attached hydrogens (tertiary/aromatic N) is 5. The molecule has 0 bridgehead atoms. The number of aromatic nitrogens is 3. The Labute approximate surface area is 218 Å². The number of rotatable bonds is 5. The number of pyridine rings is 1. The summed E-state index contributed by atoms with van der Waals surface area (Å²) in [4.78, 5) is 34.8. The number of likely N-dealkylation sites (N-methyl/N-ethyl adjacent to an activating group) is 1. The van der Waals surface area contributed by atoms with Crippen LogP contribution in [0.1, 0.15) is 56.9 Å². The summed E-state index contributed by atoms with van der Waals surface area (Å²) in [7, 11) is 3.77. The number of aryl methyl sites for hydroxylation is 1. The average molecular weight is 508 g/mol. The van der Waals surface area contributed by atoms with Gasteiger partial charge in [0.1, 0.15) is 23.6 Å². The summed E-state index contributed by atoms with van der Waals surface area (Å²) >= 11 is 0. The molecule has 9 nitrogen and oxygen atoms in total. The van der Waals surface area contributed by atoms with Crippen molar-refractivity contribution in [1.82, 2.24) is 24.6 Å². The van der Waals surface area contributed by atoms with Gasteiger partial charge in [0, 0.05) is 50.2 Å². The van der Waals surface area contributed by atoms with Crippen molar-refractivity contribution in [2.24, 2.45) is 24.3 Å². The highest BCUT2D eigenvalue weighted by molar-refractivity contribution is 6.01. The Morgan fingerprint density at radius 3 is 2.59 bits per heavy atom. The Hall–Kier alpha value is -2.78. The zero-order chi connectivity index (χ0) is 26.2. The Morgan fingerprint density at radius 2 is 2.00 bits per heavy atom. The van der Waals surface area contributed by atoms with Crippen molar-refractivity contribution in [1.29, 1.82) is 0 Å². The number of likely N-dealkylation sites (tertiary alicyclic amines) is 1. The molecule has 6 rings (SSSR count). The SMILES string of the molecule is Cn1nccc1C(=O)N[C@@H]1C(=O)[N+](C)(c2ccc(N3CCOC(C)(C)C3)nc2)C2CC2(C)C1C1CCC1. The maximum atomic E-state index is 14.4. The molecular formula is C28H39N6O3+. The van der Waals surface area contributed by atoms with Crippen LogP contribution in [-0.4, -0.2) is 71.0 Å². The number of morpholine rings is 1. The van der Waals surface area contributed by atoms with Gasteiger partial charge in [-0.3, -0.25) is 9.48 Å². The molecule has 198 valence electrons. The number of fused-ring (bicyclic) bond motifs is 1. The predicted molar refractivity (Wildman–Crippen MR) is 141 cm³/mol. The van der Waals surface area contributed by atoms with Crippen LogP contribution in [0.15, 0.2) is 30.6 Å². The monoisotopic (exact) mass is 507 g/mol. The minimum Gasteiger partial charge on any atom is -0.372 e. The van der Waals surface area contributed by atoms with Gasteiger partial charge in [-0.05, 0) is 31.9 Å². The first-order chi connectivity index (χ1) is 17.5. The number of anilines is 1. The van der Waals surface area contributed by atoms with E-state index in [-0.39, 0.29) is 39.3 Å². The van der Waals surface area contributed by atoms with Gasteiger partial charge >= 0.3 is 5.91 Å². The minimum absolute atomic E-state index is 0.00502. The molecule has 5 atom stereocenters. The summed E-state index contributed by atoms with van der Waals surface area (Å²) in [6.07, 6.45) is 7.94. The van der Waals surface area contributed by atoms with Crippen molar-refractivity contribution < 1.29 is 14.3 Å². The first-order valence-electron chi connectivity index (χ1n) is 13.6. The number of amides is 2. The topological polar surface area (TPSA) is 89.4 Å². The van der Waals surface area contributed by atoms with E-state index in [9.17, 15) is 9.59 Å². The summed E-state index contributed by atoms with van der Waals surface area (Å²) < 4.78 is 7.60. The lowest BCUT2D eigenvalue weighted by molar-refractivity contribution is -0.140. The van der Waals surface area contributed by atoms with E-state index in [1.807, 2.05) is 19.3 Å². The molecule has 4 aliphatic rings. The van der Waals surface area contributed by atoms with E-state index in [0.29, 0.717) is 18.2 Å². The van der Waals surface area contributed by atoms with E-state index in [2.05, 4.69) is 42.2 Å². The number of carbonyl (C=O) groups is 2. The zero-order valence-electron chi connectivity index (χ0n) is 22.6. The van der Waals surface area contributed by atoms with Gasteiger partial charge < -0.3 is 15.0 Å². The van der Waals surface area contributed by atoms with Crippen molar-refractivity contribution in [3.05, 3.63) is 36.3 Å². The summed E-state index contributed by atoms with van der Waals surface area (Å²) in [6, 6.07) is 5.46. The standard InChI is InChI=1S/C28H38N6O3/c1-27(2)17-33(13-14-37-27)22-10-9-19(16-29-22)34(5)21-15-28(21,3)23(18-7-6-8-18)24(26(34)36)31-25(35)20-11-12-30-32(20)4/h9-12,16,18,21,23-24H,6-8,13-15,17H2,1-5H3/p+1/t21?,23?,24-,28?,34?/m0/s1. The maximum Gasteiger partial charge on any atom is 0.341 e. The van der Waals surface area contributed by atoms with E-state index in [4.69, 9.17) is 9.72 Å². The number of nitrogens with one attached hydrogen (secondary N) is 1. The highest BCUT2D eigenvalue weighted by Crippen LogP contribution is 2.65. The van der Waals surface area contributed by atoms with Gasteiger partial charge in [0.2, 0.25) is 0 Å². The molecule has 2 saturated carbocycles. The van der Waals surface area contributed by atoms with Crippen molar-refractivity contribution in [2.75, 3.05) is 31.6 Å². The third-order valence-corrected chi connectivity index (χ3v) is 9.72. The molecule has 0 radical (unpaired) electrons. The number of hydrogen-bond donors (Lipinski definition) is 1. The fraction of sp³-hybridized carbons (Fsp3) is 0.643. The van der Waals surface area contributed by atoms with E-state index >= 15 is 0 Å². The van der Waals surface area contributed by atoms with E-state index in [1.165, 1.54) is 6.42 Å². The van der Waals surface area contributed by atoms with Crippen LogP contribution in [0.3, 0.4) is 0 Å². The number of carbonyl (C=O) groups excluding carboxylic acids is 2. The predicted octanol–water partition coefficient (Wildman–Crippen LogP) is 2.90. The number of piperidine rings is 1.